The van der Waals surface area contributed by atoms with Crippen LogP contribution in [0.3, 0.4) is 0 Å². The molecule has 0 spiro atoms. The minimum Gasteiger partial charge on any atom is -0.455 e. The number of imide groups is 1. The predicted molar refractivity (Wildman–Crippen MR) is 76.1 cm³/mol. The average molecular weight is 323 g/mol. The summed E-state index contributed by atoms with van der Waals surface area (Å²) >= 11 is 0. The maximum atomic E-state index is 12.6. The van der Waals surface area contributed by atoms with E-state index in [0.29, 0.717) is 18.3 Å². The zero-order valence-corrected chi connectivity index (χ0v) is 13.0. The van der Waals surface area contributed by atoms with E-state index in [4.69, 9.17) is 9.47 Å². The minimum absolute atomic E-state index is 0.179. The molecule has 1 aliphatic heterocycles. The standard InChI is InChI=1S/C16H21NO6/c18-12(17-1-2-22-14(17)20)8-23-13(19)15-4-10-3-11(5-15)7-16(21,6-10)9-15/h10-11,21H,1-9H2/t10-,11-,15?,16?/m0/s1. The molecule has 23 heavy (non-hydrogen) atoms. The Morgan fingerprint density at radius 2 is 1.96 bits per heavy atom. The number of ether oxygens (including phenoxy) is 2. The van der Waals surface area contributed by atoms with Gasteiger partial charge in [0.25, 0.3) is 5.91 Å². The van der Waals surface area contributed by atoms with Gasteiger partial charge in [0.2, 0.25) is 0 Å². The average Bonchev–Trinajstić information content (AvgIpc) is 2.88. The van der Waals surface area contributed by atoms with Crippen molar-refractivity contribution in [3.05, 3.63) is 0 Å². The Morgan fingerprint density at radius 3 is 2.52 bits per heavy atom. The van der Waals surface area contributed by atoms with Crippen molar-refractivity contribution in [2.45, 2.75) is 44.1 Å². The first kappa shape index (κ1) is 14.9. The second-order valence-electron chi connectivity index (χ2n) is 7.70. The van der Waals surface area contributed by atoms with Crippen LogP contribution < -0.4 is 0 Å². The number of carbonyl (C=O) groups excluding carboxylic acids is 3. The lowest BCUT2D eigenvalue weighted by atomic mass is 9.48. The third-order valence-electron chi connectivity index (χ3n) is 5.85. The molecule has 2 amide bonds. The second kappa shape index (κ2) is 4.93. The predicted octanol–water partition coefficient (Wildman–Crippen LogP) is 0.840. The van der Waals surface area contributed by atoms with Gasteiger partial charge in [-0.15, -0.1) is 0 Å². The van der Waals surface area contributed by atoms with Gasteiger partial charge in [-0.25, -0.2) is 9.69 Å². The Balaban J connectivity index is 1.41. The molecule has 5 aliphatic rings. The summed E-state index contributed by atoms with van der Waals surface area (Å²) in [6.45, 7) is -0.0629. The van der Waals surface area contributed by atoms with Gasteiger partial charge in [0.15, 0.2) is 6.61 Å². The van der Waals surface area contributed by atoms with Crippen LogP contribution >= 0.6 is 0 Å². The molecular weight excluding hydrogens is 302 g/mol. The molecular formula is C16H21NO6. The Bertz CT molecular complexity index is 559. The van der Waals surface area contributed by atoms with Crippen molar-refractivity contribution < 1.29 is 29.0 Å². The van der Waals surface area contributed by atoms with E-state index in [-0.39, 0.29) is 13.2 Å². The van der Waals surface area contributed by atoms with E-state index >= 15 is 0 Å². The van der Waals surface area contributed by atoms with Crippen LogP contribution in [0.1, 0.15) is 38.5 Å². The monoisotopic (exact) mass is 323 g/mol. The summed E-state index contributed by atoms with van der Waals surface area (Å²) in [5.41, 5.74) is -1.39. The summed E-state index contributed by atoms with van der Waals surface area (Å²) in [4.78, 5) is 36.9. The number of esters is 1. The molecule has 0 aromatic rings. The van der Waals surface area contributed by atoms with Crippen LogP contribution in [-0.4, -0.2) is 53.3 Å². The van der Waals surface area contributed by atoms with E-state index < -0.39 is 35.6 Å². The maximum absolute atomic E-state index is 12.6. The second-order valence-corrected chi connectivity index (χ2v) is 7.70. The number of carbonyl (C=O) groups is 3. The van der Waals surface area contributed by atoms with Crippen molar-refractivity contribution in [2.24, 2.45) is 17.3 Å². The molecule has 1 N–H and O–H groups in total. The van der Waals surface area contributed by atoms with E-state index in [0.717, 1.165) is 37.0 Å². The minimum atomic E-state index is -0.744. The van der Waals surface area contributed by atoms with Crippen LogP contribution in [0, 0.1) is 17.3 Å². The molecule has 4 aliphatic carbocycles. The van der Waals surface area contributed by atoms with E-state index in [1.807, 2.05) is 0 Å². The van der Waals surface area contributed by atoms with Gasteiger partial charge in [0.1, 0.15) is 6.61 Å². The third-order valence-corrected chi connectivity index (χ3v) is 5.85. The number of cyclic esters (lactones) is 1. The fraction of sp³-hybridized carbons (Fsp3) is 0.812. The van der Waals surface area contributed by atoms with Gasteiger partial charge >= 0.3 is 12.1 Å². The fourth-order valence-electron chi connectivity index (χ4n) is 5.43. The fourth-order valence-corrected chi connectivity index (χ4v) is 5.43. The first-order chi connectivity index (χ1) is 10.9. The number of hydrogen-bond acceptors (Lipinski definition) is 6. The largest absolute Gasteiger partial charge is 0.455 e. The summed E-state index contributed by atoms with van der Waals surface area (Å²) in [5.74, 6) is -0.202. The number of aliphatic hydroxyl groups is 1. The lowest BCUT2D eigenvalue weighted by Gasteiger charge is -2.58. The zero-order chi connectivity index (χ0) is 16.2. The van der Waals surface area contributed by atoms with Crippen molar-refractivity contribution in [3.8, 4) is 0 Å². The SMILES string of the molecule is O=C(COC(=O)C12C[C@@H]3C[C@H](CC(O)(C3)C1)C2)N1CCOC1=O. The molecule has 0 aromatic heterocycles. The highest BCUT2D eigenvalue weighted by atomic mass is 16.6. The number of amides is 2. The first-order valence-electron chi connectivity index (χ1n) is 8.26. The van der Waals surface area contributed by atoms with Crippen molar-refractivity contribution in [1.29, 1.82) is 0 Å². The van der Waals surface area contributed by atoms with E-state index in [1.54, 1.807) is 0 Å². The Hall–Kier alpha value is -1.63. The van der Waals surface area contributed by atoms with Crippen molar-refractivity contribution in [2.75, 3.05) is 19.8 Å². The lowest BCUT2D eigenvalue weighted by molar-refractivity contribution is -0.196. The molecule has 126 valence electrons. The van der Waals surface area contributed by atoms with Crippen LogP contribution in [0.5, 0.6) is 0 Å². The summed E-state index contributed by atoms with van der Waals surface area (Å²) in [6.07, 6.45) is 3.86. The van der Waals surface area contributed by atoms with Gasteiger partial charge in [0, 0.05) is 0 Å². The van der Waals surface area contributed by atoms with Gasteiger partial charge in [0.05, 0.1) is 17.6 Å². The van der Waals surface area contributed by atoms with Crippen molar-refractivity contribution in [1.82, 2.24) is 4.90 Å². The van der Waals surface area contributed by atoms with Gasteiger partial charge in [-0.05, 0) is 50.4 Å². The van der Waals surface area contributed by atoms with Gasteiger partial charge in [-0.1, -0.05) is 0 Å². The molecule has 5 fully saturated rings. The van der Waals surface area contributed by atoms with Crippen LogP contribution in [-0.2, 0) is 19.1 Å². The molecule has 7 heteroatoms. The quantitative estimate of drug-likeness (QED) is 0.774. The van der Waals surface area contributed by atoms with E-state index in [1.165, 1.54) is 0 Å². The van der Waals surface area contributed by atoms with E-state index in [2.05, 4.69) is 0 Å². The van der Waals surface area contributed by atoms with Gasteiger partial charge in [-0.2, -0.15) is 0 Å². The molecule has 1 heterocycles. The Morgan fingerprint density at radius 1 is 1.26 bits per heavy atom. The highest BCUT2D eigenvalue weighted by Crippen LogP contribution is 2.61. The maximum Gasteiger partial charge on any atom is 0.416 e. The van der Waals surface area contributed by atoms with Crippen molar-refractivity contribution in [3.63, 3.8) is 0 Å². The molecule has 5 rings (SSSR count). The Labute approximate surface area is 133 Å². The smallest absolute Gasteiger partial charge is 0.416 e. The molecule has 0 radical (unpaired) electrons. The molecule has 0 aromatic carbocycles. The molecule has 7 nitrogen and oxygen atoms in total. The number of hydrogen-bond donors (Lipinski definition) is 1. The summed E-state index contributed by atoms with van der Waals surface area (Å²) in [5, 5.41) is 10.7. The third kappa shape index (κ3) is 2.41. The first-order valence-corrected chi connectivity index (χ1v) is 8.26. The zero-order valence-electron chi connectivity index (χ0n) is 13.0. The summed E-state index contributed by atoms with van der Waals surface area (Å²) in [6, 6.07) is 0. The molecule has 2 atom stereocenters. The van der Waals surface area contributed by atoms with Crippen LogP contribution in [0.25, 0.3) is 0 Å². The summed E-state index contributed by atoms with van der Waals surface area (Å²) < 4.78 is 9.95. The topological polar surface area (TPSA) is 93.1 Å². The normalized spacial score (nSPS) is 41.1. The molecule has 4 saturated carbocycles. The van der Waals surface area contributed by atoms with E-state index in [9.17, 15) is 19.5 Å². The highest BCUT2D eigenvalue weighted by molar-refractivity contribution is 5.94. The van der Waals surface area contributed by atoms with Gasteiger partial charge < -0.3 is 14.6 Å². The molecule has 4 bridgehead atoms. The lowest BCUT2D eigenvalue weighted by Crippen LogP contribution is -2.58. The summed E-state index contributed by atoms with van der Waals surface area (Å²) in [7, 11) is 0. The number of rotatable bonds is 3. The Kier molecular flexibility index (Phi) is 3.20. The van der Waals surface area contributed by atoms with Gasteiger partial charge in [-0.3, -0.25) is 9.59 Å². The highest BCUT2D eigenvalue weighted by Gasteiger charge is 2.61. The molecule has 1 saturated heterocycles. The van der Waals surface area contributed by atoms with Crippen LogP contribution in [0.2, 0.25) is 0 Å². The van der Waals surface area contributed by atoms with Crippen LogP contribution in [0.15, 0.2) is 0 Å². The number of nitrogens with zero attached hydrogens (tertiary/aromatic N) is 1. The molecule has 0 unspecified atom stereocenters. The van der Waals surface area contributed by atoms with Crippen molar-refractivity contribution >= 4 is 18.0 Å². The van der Waals surface area contributed by atoms with Crippen LogP contribution in [0.4, 0.5) is 4.79 Å².